The molecule has 1 aromatic rings. The fourth-order valence-electron chi connectivity index (χ4n) is 1.36. The fraction of sp³-hybridized carbons (Fsp3) is 0.417. The Balaban J connectivity index is 2.86. The van der Waals surface area contributed by atoms with Crippen LogP contribution in [0.4, 0.5) is 0 Å². The van der Waals surface area contributed by atoms with E-state index in [1.54, 1.807) is 31.2 Å². The van der Waals surface area contributed by atoms with E-state index < -0.39 is 16.0 Å². The maximum Gasteiger partial charge on any atom is 0.178 e. The number of hydrogen-bond donors (Lipinski definition) is 0. The van der Waals surface area contributed by atoms with Crippen LogP contribution in [-0.4, -0.2) is 20.5 Å². The van der Waals surface area contributed by atoms with Gasteiger partial charge in [-0.25, -0.2) is 0 Å². The molecular weight excluding hydrogens is 244 g/mol. The van der Waals surface area contributed by atoms with Crippen LogP contribution in [0, 0.1) is 0 Å². The molecule has 1 rings (SSSR count). The van der Waals surface area contributed by atoms with Gasteiger partial charge >= 0.3 is 0 Å². The lowest BCUT2D eigenvalue weighted by Gasteiger charge is -2.13. The SMILES string of the molecule is CC(C)S(=O)C(C)C(=O)c1ccc(Cl)cc1. The quantitative estimate of drug-likeness (QED) is 0.778. The number of halogens is 1. The van der Waals surface area contributed by atoms with E-state index in [1.807, 2.05) is 13.8 Å². The zero-order valence-electron chi connectivity index (χ0n) is 9.57. The highest BCUT2D eigenvalue weighted by atomic mass is 35.5. The van der Waals surface area contributed by atoms with Crippen LogP contribution in [0.2, 0.25) is 5.02 Å². The third-order valence-electron chi connectivity index (χ3n) is 2.31. The summed E-state index contributed by atoms with van der Waals surface area (Å²) in [5.41, 5.74) is 0.561. The third kappa shape index (κ3) is 3.16. The lowest BCUT2D eigenvalue weighted by atomic mass is 10.1. The standard InChI is InChI=1S/C12H15ClO2S/c1-8(2)16(15)9(3)12(14)10-4-6-11(13)7-5-10/h4-9H,1-3H3. The second-order valence-electron chi connectivity index (χ2n) is 3.89. The first kappa shape index (κ1) is 13.4. The van der Waals surface area contributed by atoms with Gasteiger partial charge in [-0.15, -0.1) is 0 Å². The lowest BCUT2D eigenvalue weighted by molar-refractivity contribution is 0.0992. The zero-order valence-corrected chi connectivity index (χ0v) is 11.1. The summed E-state index contributed by atoms with van der Waals surface area (Å²) in [7, 11) is -1.13. The summed E-state index contributed by atoms with van der Waals surface area (Å²) in [6, 6.07) is 6.66. The molecule has 2 unspecified atom stereocenters. The van der Waals surface area contributed by atoms with Gasteiger partial charge < -0.3 is 0 Å². The Bertz CT molecular complexity index is 398. The molecule has 2 atom stereocenters. The minimum absolute atomic E-state index is 0.00810. The molecule has 0 fully saturated rings. The maximum atomic E-state index is 12.0. The first-order valence-corrected chi connectivity index (χ1v) is 6.78. The van der Waals surface area contributed by atoms with Crippen LogP contribution in [0.3, 0.4) is 0 Å². The predicted octanol–water partition coefficient (Wildman–Crippen LogP) is 3.07. The van der Waals surface area contributed by atoms with Crippen LogP contribution in [0.25, 0.3) is 0 Å². The van der Waals surface area contributed by atoms with Crippen molar-refractivity contribution >= 4 is 28.2 Å². The van der Waals surface area contributed by atoms with E-state index in [0.717, 1.165) is 0 Å². The maximum absolute atomic E-state index is 12.0. The molecular formula is C12H15ClO2S. The molecule has 1 aromatic carbocycles. The Hall–Kier alpha value is -0.670. The summed E-state index contributed by atoms with van der Waals surface area (Å²) in [6.07, 6.45) is 0. The average molecular weight is 259 g/mol. The van der Waals surface area contributed by atoms with Gasteiger partial charge in [-0.05, 0) is 31.2 Å². The number of hydrogen-bond acceptors (Lipinski definition) is 2. The van der Waals surface area contributed by atoms with Crippen molar-refractivity contribution < 1.29 is 9.00 Å². The van der Waals surface area contributed by atoms with Crippen molar-refractivity contribution in [1.82, 2.24) is 0 Å². The predicted molar refractivity (Wildman–Crippen MR) is 68.5 cm³/mol. The van der Waals surface area contributed by atoms with Crippen LogP contribution < -0.4 is 0 Å². The molecule has 0 aliphatic rings. The van der Waals surface area contributed by atoms with Gasteiger partial charge in [0.15, 0.2) is 5.78 Å². The highest BCUT2D eigenvalue weighted by molar-refractivity contribution is 7.87. The molecule has 0 saturated heterocycles. The van der Waals surface area contributed by atoms with Crippen molar-refractivity contribution in [2.24, 2.45) is 0 Å². The molecule has 0 amide bonds. The van der Waals surface area contributed by atoms with Crippen molar-refractivity contribution in [1.29, 1.82) is 0 Å². The number of carbonyl (C=O) groups excluding carboxylic acids is 1. The first-order chi connectivity index (χ1) is 7.43. The largest absolute Gasteiger partial charge is 0.293 e. The number of ketones is 1. The normalized spacial score (nSPS) is 14.8. The Labute approximate surface area is 103 Å². The molecule has 88 valence electrons. The molecule has 0 aliphatic heterocycles. The minimum atomic E-state index is -1.13. The molecule has 0 aromatic heterocycles. The molecule has 0 N–H and O–H groups in total. The summed E-state index contributed by atoms with van der Waals surface area (Å²) in [5.74, 6) is -0.0938. The number of rotatable bonds is 4. The van der Waals surface area contributed by atoms with E-state index in [4.69, 9.17) is 11.6 Å². The van der Waals surface area contributed by atoms with Crippen LogP contribution in [-0.2, 0) is 10.8 Å². The molecule has 2 nitrogen and oxygen atoms in total. The molecule has 0 aliphatic carbocycles. The van der Waals surface area contributed by atoms with E-state index in [-0.39, 0.29) is 11.0 Å². The van der Waals surface area contributed by atoms with Crippen molar-refractivity contribution in [2.75, 3.05) is 0 Å². The summed E-state index contributed by atoms with van der Waals surface area (Å²) >= 11 is 5.74. The Morgan fingerprint density at radius 3 is 2.12 bits per heavy atom. The Morgan fingerprint density at radius 2 is 1.69 bits per heavy atom. The van der Waals surface area contributed by atoms with Crippen LogP contribution >= 0.6 is 11.6 Å². The summed E-state index contributed by atoms with van der Waals surface area (Å²) in [4.78, 5) is 12.0. The van der Waals surface area contributed by atoms with Crippen molar-refractivity contribution in [3.8, 4) is 0 Å². The van der Waals surface area contributed by atoms with E-state index in [2.05, 4.69) is 0 Å². The molecule has 0 radical (unpaired) electrons. The fourth-order valence-corrected chi connectivity index (χ4v) is 2.65. The van der Waals surface area contributed by atoms with Crippen molar-refractivity contribution in [3.05, 3.63) is 34.9 Å². The van der Waals surface area contributed by atoms with Gasteiger partial charge in [0, 0.05) is 26.6 Å². The first-order valence-electron chi connectivity index (χ1n) is 5.12. The zero-order chi connectivity index (χ0) is 12.3. The van der Waals surface area contributed by atoms with Gasteiger partial charge in [-0.1, -0.05) is 25.4 Å². The number of carbonyl (C=O) groups is 1. The monoisotopic (exact) mass is 258 g/mol. The Morgan fingerprint density at radius 1 is 1.19 bits per heavy atom. The average Bonchev–Trinajstić information content (AvgIpc) is 2.27. The van der Waals surface area contributed by atoms with Gasteiger partial charge in [0.1, 0.15) is 0 Å². The van der Waals surface area contributed by atoms with E-state index in [9.17, 15) is 9.00 Å². The van der Waals surface area contributed by atoms with Gasteiger partial charge in [0.05, 0.1) is 5.25 Å². The minimum Gasteiger partial charge on any atom is -0.293 e. The highest BCUT2D eigenvalue weighted by Gasteiger charge is 2.23. The summed E-state index contributed by atoms with van der Waals surface area (Å²) in [5, 5.41) is 0.113. The van der Waals surface area contributed by atoms with Gasteiger partial charge in [-0.3, -0.25) is 9.00 Å². The van der Waals surface area contributed by atoms with Gasteiger partial charge in [-0.2, -0.15) is 0 Å². The second kappa shape index (κ2) is 5.60. The van der Waals surface area contributed by atoms with Crippen molar-refractivity contribution in [2.45, 2.75) is 31.3 Å². The van der Waals surface area contributed by atoms with Gasteiger partial charge in [0.2, 0.25) is 0 Å². The molecule has 0 saturated carbocycles. The number of Topliss-reactive ketones (excluding diaryl/α,β-unsaturated/α-hetero) is 1. The van der Waals surface area contributed by atoms with Crippen LogP contribution in [0.15, 0.2) is 24.3 Å². The highest BCUT2D eigenvalue weighted by Crippen LogP contribution is 2.14. The molecule has 0 heterocycles. The third-order valence-corrected chi connectivity index (χ3v) is 4.40. The topological polar surface area (TPSA) is 34.1 Å². The smallest absolute Gasteiger partial charge is 0.178 e. The van der Waals surface area contributed by atoms with E-state index >= 15 is 0 Å². The molecule has 0 spiro atoms. The van der Waals surface area contributed by atoms with Crippen molar-refractivity contribution in [3.63, 3.8) is 0 Å². The summed E-state index contributed by atoms with van der Waals surface area (Å²) < 4.78 is 11.8. The molecule has 0 bridgehead atoms. The van der Waals surface area contributed by atoms with E-state index in [0.29, 0.717) is 10.6 Å². The molecule has 16 heavy (non-hydrogen) atoms. The molecule has 4 heteroatoms. The Kier molecular flexibility index (Phi) is 4.69. The van der Waals surface area contributed by atoms with E-state index in [1.165, 1.54) is 0 Å². The van der Waals surface area contributed by atoms with Crippen LogP contribution in [0.1, 0.15) is 31.1 Å². The van der Waals surface area contributed by atoms with Crippen LogP contribution in [0.5, 0.6) is 0 Å². The summed E-state index contributed by atoms with van der Waals surface area (Å²) in [6.45, 7) is 5.40. The second-order valence-corrected chi connectivity index (χ2v) is 6.63. The number of benzene rings is 1. The van der Waals surface area contributed by atoms with Gasteiger partial charge in [0.25, 0.3) is 0 Å². The lowest BCUT2D eigenvalue weighted by Crippen LogP contribution is -2.27.